The summed E-state index contributed by atoms with van der Waals surface area (Å²) >= 11 is 0. The Labute approximate surface area is 280 Å². The second-order valence-corrected chi connectivity index (χ2v) is 11.6. The quantitative estimate of drug-likeness (QED) is 0.116. The lowest BCUT2D eigenvalue weighted by molar-refractivity contribution is -0.145. The Morgan fingerprint density at radius 2 is 1.33 bits per heavy atom. The Morgan fingerprint density at radius 1 is 0.812 bits per heavy atom. The number of aliphatic carboxylic acids is 1. The number of amides is 1. The van der Waals surface area contributed by atoms with E-state index in [-0.39, 0.29) is 19.5 Å². The SMILES string of the molecule is COC(=O)[C@H](Cc1cn(C(c2ccccc2)(c2ccccc2)c2ccccc2)cn1)NC(=O)CN(CCCc1ccccc1)CC(=O)O. The summed E-state index contributed by atoms with van der Waals surface area (Å²) < 4.78 is 7.10. The molecule has 0 saturated carbocycles. The van der Waals surface area contributed by atoms with Crippen LogP contribution in [0.5, 0.6) is 0 Å². The molecule has 2 N–H and O–H groups in total. The number of carboxylic acid groups (broad SMARTS) is 1. The van der Waals surface area contributed by atoms with Crippen molar-refractivity contribution in [3.63, 3.8) is 0 Å². The summed E-state index contributed by atoms with van der Waals surface area (Å²) in [7, 11) is 1.27. The first kappa shape index (κ1) is 33.8. The summed E-state index contributed by atoms with van der Waals surface area (Å²) in [4.78, 5) is 44.0. The molecule has 9 heteroatoms. The summed E-state index contributed by atoms with van der Waals surface area (Å²) in [5.74, 6) is -2.12. The van der Waals surface area contributed by atoms with Gasteiger partial charge in [0.05, 0.1) is 32.2 Å². The van der Waals surface area contributed by atoms with Crippen molar-refractivity contribution in [1.29, 1.82) is 0 Å². The van der Waals surface area contributed by atoms with Crippen LogP contribution in [0.25, 0.3) is 0 Å². The van der Waals surface area contributed by atoms with Crippen LogP contribution in [0.1, 0.15) is 34.4 Å². The van der Waals surface area contributed by atoms with Crippen LogP contribution in [0.2, 0.25) is 0 Å². The minimum atomic E-state index is -1.03. The van der Waals surface area contributed by atoms with Crippen LogP contribution in [0.15, 0.2) is 134 Å². The normalized spacial score (nSPS) is 12.0. The Bertz CT molecular complexity index is 1670. The third-order valence-electron chi connectivity index (χ3n) is 8.34. The van der Waals surface area contributed by atoms with Crippen LogP contribution in [0.4, 0.5) is 0 Å². The van der Waals surface area contributed by atoms with E-state index in [4.69, 9.17) is 9.72 Å². The van der Waals surface area contributed by atoms with Gasteiger partial charge in [0.2, 0.25) is 5.91 Å². The highest BCUT2D eigenvalue weighted by Crippen LogP contribution is 2.40. The highest BCUT2D eigenvalue weighted by atomic mass is 16.5. The predicted octanol–water partition coefficient (Wildman–Crippen LogP) is 4.94. The molecule has 0 aliphatic rings. The lowest BCUT2D eigenvalue weighted by Crippen LogP contribution is -2.48. The van der Waals surface area contributed by atoms with Gasteiger partial charge in [0.25, 0.3) is 0 Å². The molecular weight excluding hydrogens is 604 g/mol. The topological polar surface area (TPSA) is 114 Å². The maximum atomic E-state index is 13.2. The van der Waals surface area contributed by atoms with Crippen LogP contribution in [-0.4, -0.2) is 70.2 Å². The molecule has 0 fully saturated rings. The maximum Gasteiger partial charge on any atom is 0.328 e. The Kier molecular flexibility index (Phi) is 11.5. The summed E-state index contributed by atoms with van der Waals surface area (Å²) in [5.41, 5.74) is 4.00. The van der Waals surface area contributed by atoms with Crippen molar-refractivity contribution in [2.45, 2.75) is 30.8 Å². The van der Waals surface area contributed by atoms with Gasteiger partial charge in [-0.25, -0.2) is 9.78 Å². The zero-order chi connectivity index (χ0) is 33.8. The number of hydrogen-bond donors (Lipinski definition) is 2. The molecule has 0 aliphatic carbocycles. The first-order valence-corrected chi connectivity index (χ1v) is 16.0. The number of carbonyl (C=O) groups is 3. The number of benzene rings is 4. The molecule has 0 unspecified atom stereocenters. The summed E-state index contributed by atoms with van der Waals surface area (Å²) in [6, 6.07) is 39.3. The van der Waals surface area contributed by atoms with Gasteiger partial charge in [-0.2, -0.15) is 0 Å². The van der Waals surface area contributed by atoms with Crippen LogP contribution in [0.3, 0.4) is 0 Å². The predicted molar refractivity (Wildman–Crippen MR) is 183 cm³/mol. The lowest BCUT2D eigenvalue weighted by atomic mass is 9.77. The average Bonchev–Trinajstić information content (AvgIpc) is 3.58. The zero-order valence-electron chi connectivity index (χ0n) is 26.9. The van der Waals surface area contributed by atoms with Crippen LogP contribution in [-0.2, 0) is 37.5 Å². The van der Waals surface area contributed by atoms with Gasteiger partial charge >= 0.3 is 11.9 Å². The van der Waals surface area contributed by atoms with E-state index in [0.29, 0.717) is 18.7 Å². The minimum absolute atomic E-state index is 0.0762. The largest absolute Gasteiger partial charge is 0.480 e. The van der Waals surface area contributed by atoms with Gasteiger partial charge < -0.3 is 19.7 Å². The van der Waals surface area contributed by atoms with Crippen LogP contribution >= 0.6 is 0 Å². The molecule has 1 aromatic heterocycles. The molecule has 0 radical (unpaired) electrons. The number of ether oxygens (including phenoxy) is 1. The van der Waals surface area contributed by atoms with E-state index >= 15 is 0 Å². The summed E-state index contributed by atoms with van der Waals surface area (Å²) in [6.45, 7) is -0.0688. The van der Waals surface area contributed by atoms with Crippen molar-refractivity contribution in [1.82, 2.24) is 19.8 Å². The van der Waals surface area contributed by atoms with E-state index in [1.54, 1.807) is 11.2 Å². The van der Waals surface area contributed by atoms with E-state index in [0.717, 1.165) is 28.7 Å². The van der Waals surface area contributed by atoms with Crippen molar-refractivity contribution in [2.75, 3.05) is 26.7 Å². The number of rotatable bonds is 16. The molecule has 1 atom stereocenters. The fourth-order valence-corrected chi connectivity index (χ4v) is 6.18. The van der Waals surface area contributed by atoms with Crippen molar-refractivity contribution in [3.8, 4) is 0 Å². The van der Waals surface area contributed by atoms with E-state index in [9.17, 15) is 19.5 Å². The zero-order valence-corrected chi connectivity index (χ0v) is 26.9. The number of nitrogens with zero attached hydrogens (tertiary/aromatic N) is 3. The summed E-state index contributed by atoms with van der Waals surface area (Å²) in [6.07, 6.45) is 5.15. The average molecular weight is 645 g/mol. The molecule has 0 aliphatic heterocycles. The molecule has 246 valence electrons. The van der Waals surface area contributed by atoms with Crippen molar-refractivity contribution in [3.05, 3.63) is 162 Å². The van der Waals surface area contributed by atoms with Crippen LogP contribution < -0.4 is 5.32 Å². The number of carbonyl (C=O) groups excluding carboxylic acids is 2. The molecule has 4 aromatic carbocycles. The number of methoxy groups -OCH3 is 1. The van der Waals surface area contributed by atoms with Gasteiger partial charge in [-0.3, -0.25) is 14.5 Å². The standard InChI is InChI=1S/C39H40N4O5/c1-48-38(47)35(41-36(44)27-42(28-37(45)46)24-14-17-30-15-6-2-7-16-30)25-34-26-43(29-40-34)39(31-18-8-3-9-19-31,32-20-10-4-11-21-32)33-22-12-5-13-23-33/h2-13,15-16,18-23,26,29,35H,14,17,24-25,27-28H2,1H3,(H,41,44)(H,45,46)/t35-/m0/s1. The Hall–Kier alpha value is -5.54. The number of nitrogens with one attached hydrogen (secondary N) is 1. The molecule has 0 spiro atoms. The fourth-order valence-electron chi connectivity index (χ4n) is 6.18. The van der Waals surface area contributed by atoms with Gasteiger partial charge in [-0.15, -0.1) is 0 Å². The molecule has 0 saturated heterocycles. The van der Waals surface area contributed by atoms with Crippen molar-refractivity contribution < 1.29 is 24.2 Å². The lowest BCUT2D eigenvalue weighted by Gasteiger charge is -2.37. The third-order valence-corrected chi connectivity index (χ3v) is 8.34. The number of aromatic nitrogens is 2. The second-order valence-electron chi connectivity index (χ2n) is 11.6. The van der Waals surface area contributed by atoms with Gasteiger partial charge in [0.15, 0.2) is 0 Å². The molecule has 1 amide bonds. The Balaban J connectivity index is 1.38. The maximum absolute atomic E-state index is 13.2. The Morgan fingerprint density at radius 3 is 1.83 bits per heavy atom. The van der Waals surface area contributed by atoms with Gasteiger partial charge in [0, 0.05) is 12.6 Å². The van der Waals surface area contributed by atoms with Gasteiger partial charge in [-0.05, 0) is 41.6 Å². The van der Waals surface area contributed by atoms with E-state index < -0.39 is 29.4 Å². The smallest absolute Gasteiger partial charge is 0.328 e. The summed E-state index contributed by atoms with van der Waals surface area (Å²) in [5, 5.41) is 12.2. The first-order valence-electron chi connectivity index (χ1n) is 16.0. The van der Waals surface area contributed by atoms with Gasteiger partial charge in [-0.1, -0.05) is 121 Å². The number of imidazole rings is 1. The van der Waals surface area contributed by atoms with Crippen LogP contribution in [0, 0.1) is 0 Å². The molecule has 5 aromatic rings. The second kappa shape index (κ2) is 16.3. The van der Waals surface area contributed by atoms with E-state index in [2.05, 4.69) is 41.7 Å². The molecular formula is C39H40N4O5. The molecule has 1 heterocycles. The fraction of sp³-hybridized carbons (Fsp3) is 0.231. The molecule has 48 heavy (non-hydrogen) atoms. The van der Waals surface area contributed by atoms with E-state index in [1.165, 1.54) is 7.11 Å². The third kappa shape index (κ3) is 8.24. The number of carboxylic acids is 1. The molecule has 9 nitrogen and oxygen atoms in total. The highest BCUT2D eigenvalue weighted by molar-refractivity contribution is 5.86. The first-order chi connectivity index (χ1) is 23.4. The monoisotopic (exact) mass is 644 g/mol. The van der Waals surface area contributed by atoms with E-state index in [1.807, 2.05) is 95.7 Å². The number of aryl methyl sites for hydroxylation is 1. The number of esters is 1. The minimum Gasteiger partial charge on any atom is -0.480 e. The van der Waals surface area contributed by atoms with Gasteiger partial charge in [0.1, 0.15) is 11.6 Å². The number of hydrogen-bond acceptors (Lipinski definition) is 6. The highest BCUT2D eigenvalue weighted by Gasteiger charge is 2.38. The molecule has 0 bridgehead atoms. The molecule has 5 rings (SSSR count). The van der Waals surface area contributed by atoms with Crippen molar-refractivity contribution in [2.24, 2.45) is 0 Å². The van der Waals surface area contributed by atoms with Crippen molar-refractivity contribution >= 4 is 17.8 Å².